The van der Waals surface area contributed by atoms with Crippen LogP contribution in [0.3, 0.4) is 0 Å². The number of carbonyl (C=O) groups excluding carboxylic acids is 1. The molecule has 6 nitrogen and oxygen atoms in total. The van der Waals surface area contributed by atoms with E-state index in [2.05, 4.69) is 27.2 Å². The minimum atomic E-state index is -0.455. The first-order valence-corrected chi connectivity index (χ1v) is 11.6. The Labute approximate surface area is 189 Å². The molecule has 2 aliphatic rings. The number of fused-ring (bicyclic) bond motifs is 3. The highest BCUT2D eigenvalue weighted by atomic mass is 35.5. The normalized spacial score (nSPS) is 19.5. The molecule has 31 heavy (non-hydrogen) atoms. The molecular weight excluding hydrogens is 437 g/mol. The van der Waals surface area contributed by atoms with Crippen LogP contribution in [0.5, 0.6) is 0 Å². The second-order valence-electron chi connectivity index (χ2n) is 8.23. The number of benzene rings is 1. The van der Waals surface area contributed by atoms with E-state index in [0.717, 1.165) is 55.7 Å². The highest BCUT2D eigenvalue weighted by Crippen LogP contribution is 2.41. The van der Waals surface area contributed by atoms with Gasteiger partial charge in [0.2, 0.25) is 5.91 Å². The highest BCUT2D eigenvalue weighted by Gasteiger charge is 2.32. The standard InChI is InChI=1S/C22H23ClFN5OS/c1-28-6-8-29(9-7-28)22(30)13-2-4-15-18(10-13)31-21-19(15)20(25-12-26-21)27-14-3-5-17(24)16(23)11-14/h3,5,11-13H,2,4,6-10H2,1H3,(H,25,26,27). The van der Waals surface area contributed by atoms with E-state index in [9.17, 15) is 9.18 Å². The third-order valence-electron chi connectivity index (χ3n) is 6.19. The lowest BCUT2D eigenvalue weighted by Crippen LogP contribution is -2.49. The SMILES string of the molecule is CN1CCN(C(=O)C2CCc3c(sc4ncnc(Nc5ccc(F)c(Cl)c5)c34)C2)CC1. The second-order valence-corrected chi connectivity index (χ2v) is 9.72. The molecule has 1 aromatic carbocycles. The van der Waals surface area contributed by atoms with E-state index in [-0.39, 0.29) is 16.8 Å². The predicted molar refractivity (Wildman–Crippen MR) is 122 cm³/mol. The van der Waals surface area contributed by atoms with Gasteiger partial charge in [0.25, 0.3) is 0 Å². The number of piperazine rings is 1. The van der Waals surface area contributed by atoms with Gasteiger partial charge in [-0.25, -0.2) is 14.4 Å². The summed E-state index contributed by atoms with van der Waals surface area (Å²) in [6.45, 7) is 3.49. The van der Waals surface area contributed by atoms with Crippen molar-refractivity contribution >= 4 is 50.6 Å². The second kappa shape index (κ2) is 8.33. The molecular formula is C22H23ClFN5OS. The maximum absolute atomic E-state index is 13.5. The van der Waals surface area contributed by atoms with Crippen LogP contribution in [0.4, 0.5) is 15.9 Å². The third kappa shape index (κ3) is 4.00. The first-order chi connectivity index (χ1) is 15.0. The number of nitrogens with zero attached hydrogens (tertiary/aromatic N) is 4. The molecule has 1 saturated heterocycles. The molecule has 2 aromatic heterocycles. The summed E-state index contributed by atoms with van der Waals surface area (Å²) in [6.07, 6.45) is 3.94. The van der Waals surface area contributed by atoms with Gasteiger partial charge < -0.3 is 15.1 Å². The molecule has 3 aromatic rings. The van der Waals surface area contributed by atoms with Gasteiger partial charge >= 0.3 is 0 Å². The zero-order valence-electron chi connectivity index (χ0n) is 17.2. The average Bonchev–Trinajstić information content (AvgIpc) is 3.15. The molecule has 1 fully saturated rings. The molecule has 0 bridgehead atoms. The van der Waals surface area contributed by atoms with Crippen LogP contribution in [0.1, 0.15) is 16.9 Å². The zero-order chi connectivity index (χ0) is 21.5. The summed E-state index contributed by atoms with van der Waals surface area (Å²) in [5.74, 6) is 0.545. The average molecular weight is 460 g/mol. The van der Waals surface area contributed by atoms with Crippen molar-refractivity contribution in [3.05, 3.63) is 45.8 Å². The van der Waals surface area contributed by atoms with Crippen LogP contribution in [0.2, 0.25) is 5.02 Å². The van der Waals surface area contributed by atoms with Crippen molar-refractivity contribution in [3.63, 3.8) is 0 Å². The summed E-state index contributed by atoms with van der Waals surface area (Å²) in [4.78, 5) is 28.4. The van der Waals surface area contributed by atoms with Gasteiger partial charge in [0.05, 0.1) is 10.4 Å². The Hall–Kier alpha value is -2.29. The number of carbonyl (C=O) groups is 1. The molecule has 0 saturated carbocycles. The fourth-order valence-electron chi connectivity index (χ4n) is 4.41. The molecule has 5 rings (SSSR count). The van der Waals surface area contributed by atoms with Gasteiger partial charge in [0, 0.05) is 42.7 Å². The lowest BCUT2D eigenvalue weighted by molar-refractivity contribution is -0.137. The molecule has 0 radical (unpaired) electrons. The summed E-state index contributed by atoms with van der Waals surface area (Å²) in [6, 6.07) is 4.52. The number of hydrogen-bond acceptors (Lipinski definition) is 6. The van der Waals surface area contributed by atoms with Gasteiger partial charge in [-0.05, 0) is 50.1 Å². The highest BCUT2D eigenvalue weighted by molar-refractivity contribution is 7.19. The van der Waals surface area contributed by atoms with Gasteiger partial charge in [-0.15, -0.1) is 11.3 Å². The van der Waals surface area contributed by atoms with E-state index in [0.29, 0.717) is 11.5 Å². The van der Waals surface area contributed by atoms with Crippen molar-refractivity contribution < 1.29 is 9.18 Å². The summed E-state index contributed by atoms with van der Waals surface area (Å²) in [5.41, 5.74) is 1.89. The number of nitrogens with one attached hydrogen (secondary N) is 1. The number of rotatable bonds is 3. The maximum atomic E-state index is 13.5. The fourth-order valence-corrected chi connectivity index (χ4v) is 5.86. The van der Waals surface area contributed by atoms with Crippen molar-refractivity contribution in [2.24, 2.45) is 5.92 Å². The first-order valence-electron chi connectivity index (χ1n) is 10.4. The van der Waals surface area contributed by atoms with Gasteiger partial charge in [0.15, 0.2) is 0 Å². The molecule has 1 aliphatic heterocycles. The van der Waals surface area contributed by atoms with Crippen LogP contribution in [-0.4, -0.2) is 58.9 Å². The van der Waals surface area contributed by atoms with Gasteiger partial charge in [0.1, 0.15) is 22.8 Å². The number of anilines is 2. The molecule has 1 N–H and O–H groups in total. The lowest BCUT2D eigenvalue weighted by atomic mass is 9.86. The van der Waals surface area contributed by atoms with Crippen molar-refractivity contribution in [1.29, 1.82) is 0 Å². The van der Waals surface area contributed by atoms with Gasteiger partial charge in [-0.2, -0.15) is 0 Å². The van der Waals surface area contributed by atoms with Crippen molar-refractivity contribution in [1.82, 2.24) is 19.8 Å². The van der Waals surface area contributed by atoms with E-state index in [1.807, 2.05) is 4.90 Å². The Morgan fingerprint density at radius 1 is 1.26 bits per heavy atom. The van der Waals surface area contributed by atoms with Crippen LogP contribution < -0.4 is 5.32 Å². The lowest BCUT2D eigenvalue weighted by Gasteiger charge is -2.35. The van der Waals surface area contributed by atoms with E-state index < -0.39 is 5.82 Å². The Morgan fingerprint density at radius 3 is 2.84 bits per heavy atom. The number of aryl methyl sites for hydroxylation is 1. The largest absolute Gasteiger partial charge is 0.340 e. The van der Waals surface area contributed by atoms with Gasteiger partial charge in [-0.3, -0.25) is 4.79 Å². The van der Waals surface area contributed by atoms with Crippen LogP contribution in [-0.2, 0) is 17.6 Å². The van der Waals surface area contributed by atoms with Crippen LogP contribution >= 0.6 is 22.9 Å². The molecule has 1 amide bonds. The molecule has 162 valence electrons. The van der Waals surface area contributed by atoms with Crippen LogP contribution in [0.25, 0.3) is 10.2 Å². The Balaban J connectivity index is 1.40. The van der Waals surface area contributed by atoms with Crippen molar-refractivity contribution in [2.45, 2.75) is 19.3 Å². The number of aromatic nitrogens is 2. The summed E-state index contributed by atoms with van der Waals surface area (Å²) < 4.78 is 13.5. The Bertz CT molecular complexity index is 1140. The van der Waals surface area contributed by atoms with E-state index in [1.165, 1.54) is 22.8 Å². The van der Waals surface area contributed by atoms with E-state index in [1.54, 1.807) is 23.5 Å². The number of likely N-dealkylation sites (N-methyl/N-ethyl adjacent to an activating group) is 1. The van der Waals surface area contributed by atoms with Gasteiger partial charge in [-0.1, -0.05) is 11.6 Å². The van der Waals surface area contributed by atoms with Crippen LogP contribution in [0, 0.1) is 11.7 Å². The molecule has 1 unspecified atom stereocenters. The minimum Gasteiger partial charge on any atom is -0.340 e. The maximum Gasteiger partial charge on any atom is 0.226 e. The third-order valence-corrected chi connectivity index (χ3v) is 7.64. The smallest absolute Gasteiger partial charge is 0.226 e. The summed E-state index contributed by atoms with van der Waals surface area (Å²) in [5, 5.41) is 4.32. The first kappa shape index (κ1) is 20.6. The zero-order valence-corrected chi connectivity index (χ0v) is 18.8. The molecule has 9 heteroatoms. The van der Waals surface area contributed by atoms with Crippen molar-refractivity contribution in [3.8, 4) is 0 Å². The monoisotopic (exact) mass is 459 g/mol. The van der Waals surface area contributed by atoms with Crippen molar-refractivity contribution in [2.75, 3.05) is 38.5 Å². The molecule has 1 atom stereocenters. The summed E-state index contributed by atoms with van der Waals surface area (Å²) >= 11 is 7.57. The molecule has 0 spiro atoms. The fraction of sp³-hybridized carbons (Fsp3) is 0.409. The topological polar surface area (TPSA) is 61.4 Å². The van der Waals surface area contributed by atoms with E-state index in [4.69, 9.17) is 11.6 Å². The number of halogens is 2. The van der Waals surface area contributed by atoms with Crippen LogP contribution in [0.15, 0.2) is 24.5 Å². The number of hydrogen-bond donors (Lipinski definition) is 1. The Morgan fingerprint density at radius 2 is 2.06 bits per heavy atom. The Kier molecular flexibility index (Phi) is 5.54. The number of thiophene rings is 1. The predicted octanol–water partition coefficient (Wildman–Crippen LogP) is 4.11. The minimum absolute atomic E-state index is 0.0317. The molecule has 1 aliphatic carbocycles. The summed E-state index contributed by atoms with van der Waals surface area (Å²) in [7, 11) is 2.10. The van der Waals surface area contributed by atoms with E-state index >= 15 is 0 Å². The number of amides is 1. The quantitative estimate of drug-likeness (QED) is 0.638. The molecule has 3 heterocycles.